The molecule has 2 N–H and O–H groups in total. The number of aryl methyl sites for hydroxylation is 3. The predicted octanol–water partition coefficient (Wildman–Crippen LogP) is 3.05. The molecule has 0 aromatic carbocycles. The van der Waals surface area contributed by atoms with Crippen LogP contribution in [0.3, 0.4) is 0 Å². The molecule has 0 saturated heterocycles. The van der Waals surface area contributed by atoms with Gasteiger partial charge in [-0.1, -0.05) is 0 Å². The van der Waals surface area contributed by atoms with Crippen molar-refractivity contribution in [3.63, 3.8) is 0 Å². The summed E-state index contributed by atoms with van der Waals surface area (Å²) in [5.74, 6) is 1.38. The summed E-state index contributed by atoms with van der Waals surface area (Å²) in [6.07, 6.45) is 6.16. The average Bonchev–Trinajstić information content (AvgIpc) is 3.21. The number of hydrogen-bond donors (Lipinski definition) is 1. The van der Waals surface area contributed by atoms with Gasteiger partial charge in [-0.05, 0) is 44.4 Å². The fraction of sp³-hybridized carbons (Fsp3) is 0.350. The minimum Gasteiger partial charge on any atom is -0.479 e. The molecule has 0 aliphatic rings. The summed E-state index contributed by atoms with van der Waals surface area (Å²) in [6.45, 7) is 6.80. The Balaban J connectivity index is 1.47. The second-order valence-corrected chi connectivity index (χ2v) is 7.45. The smallest absolute Gasteiger partial charge is 0.257 e. The SMILES string of the molecule is COc1nc(C)ncc1-n1nc(OCCCn2cc(C)c3cnc(Cl)nc32)c(N)c1C. The van der Waals surface area contributed by atoms with Gasteiger partial charge in [-0.3, -0.25) is 0 Å². The molecular weight excluding hydrogens is 420 g/mol. The van der Waals surface area contributed by atoms with Crippen LogP contribution in [0.15, 0.2) is 18.6 Å². The molecule has 0 saturated carbocycles. The van der Waals surface area contributed by atoms with E-state index in [4.69, 9.17) is 26.8 Å². The van der Waals surface area contributed by atoms with E-state index in [2.05, 4.69) is 25.0 Å². The Labute approximate surface area is 184 Å². The Morgan fingerprint density at radius 3 is 2.68 bits per heavy atom. The van der Waals surface area contributed by atoms with Gasteiger partial charge < -0.3 is 19.8 Å². The van der Waals surface area contributed by atoms with Crippen molar-refractivity contribution in [1.82, 2.24) is 34.3 Å². The zero-order valence-electron chi connectivity index (χ0n) is 17.8. The van der Waals surface area contributed by atoms with E-state index in [-0.39, 0.29) is 5.28 Å². The van der Waals surface area contributed by atoms with Crippen LogP contribution in [0.1, 0.15) is 23.5 Å². The molecule has 162 valence electrons. The summed E-state index contributed by atoms with van der Waals surface area (Å²) in [7, 11) is 1.55. The Kier molecular flexibility index (Phi) is 5.64. The van der Waals surface area contributed by atoms with E-state index in [1.54, 1.807) is 31.1 Å². The molecule has 10 nitrogen and oxygen atoms in total. The zero-order valence-corrected chi connectivity index (χ0v) is 18.5. The largest absolute Gasteiger partial charge is 0.479 e. The summed E-state index contributed by atoms with van der Waals surface area (Å²) in [5, 5.41) is 5.71. The highest BCUT2D eigenvalue weighted by Crippen LogP contribution is 2.29. The molecule has 4 aromatic rings. The monoisotopic (exact) mass is 442 g/mol. The first-order valence-electron chi connectivity index (χ1n) is 9.73. The van der Waals surface area contributed by atoms with Crippen molar-refractivity contribution < 1.29 is 9.47 Å². The van der Waals surface area contributed by atoms with Crippen LogP contribution < -0.4 is 15.2 Å². The Bertz CT molecular complexity index is 1250. The molecule has 4 rings (SSSR count). The summed E-state index contributed by atoms with van der Waals surface area (Å²) in [4.78, 5) is 16.9. The van der Waals surface area contributed by atoms with Gasteiger partial charge >= 0.3 is 0 Å². The first-order chi connectivity index (χ1) is 14.9. The average molecular weight is 443 g/mol. The summed E-state index contributed by atoms with van der Waals surface area (Å²) in [6, 6.07) is 0. The Morgan fingerprint density at radius 1 is 1.10 bits per heavy atom. The van der Waals surface area contributed by atoms with E-state index in [0.29, 0.717) is 42.1 Å². The van der Waals surface area contributed by atoms with Crippen molar-refractivity contribution in [2.75, 3.05) is 19.5 Å². The predicted molar refractivity (Wildman–Crippen MR) is 117 cm³/mol. The third-order valence-electron chi connectivity index (χ3n) is 4.97. The lowest BCUT2D eigenvalue weighted by molar-refractivity contribution is 0.291. The van der Waals surface area contributed by atoms with Crippen molar-refractivity contribution in [1.29, 1.82) is 0 Å². The second kappa shape index (κ2) is 8.38. The number of aromatic nitrogens is 7. The van der Waals surface area contributed by atoms with Crippen LogP contribution in [0.25, 0.3) is 16.7 Å². The van der Waals surface area contributed by atoms with Crippen LogP contribution in [-0.2, 0) is 6.54 Å². The lowest BCUT2D eigenvalue weighted by atomic mass is 10.3. The van der Waals surface area contributed by atoms with Gasteiger partial charge in [0.15, 0.2) is 0 Å². The quantitative estimate of drug-likeness (QED) is 0.342. The summed E-state index contributed by atoms with van der Waals surface area (Å²) < 4.78 is 14.9. The van der Waals surface area contributed by atoms with Crippen molar-refractivity contribution in [3.05, 3.63) is 41.0 Å². The maximum absolute atomic E-state index is 6.22. The molecular formula is C20H23ClN8O2. The molecule has 0 aliphatic heterocycles. The van der Waals surface area contributed by atoms with Crippen LogP contribution in [0, 0.1) is 20.8 Å². The number of halogens is 1. The number of rotatable bonds is 7. The van der Waals surface area contributed by atoms with Crippen molar-refractivity contribution >= 4 is 28.3 Å². The van der Waals surface area contributed by atoms with Crippen LogP contribution in [-0.4, -0.2) is 48.0 Å². The molecule has 4 heterocycles. The van der Waals surface area contributed by atoms with E-state index in [1.807, 2.05) is 24.6 Å². The maximum atomic E-state index is 6.22. The van der Waals surface area contributed by atoms with Crippen LogP contribution >= 0.6 is 11.6 Å². The highest BCUT2D eigenvalue weighted by molar-refractivity contribution is 6.28. The van der Waals surface area contributed by atoms with Gasteiger partial charge in [0.1, 0.15) is 22.8 Å². The summed E-state index contributed by atoms with van der Waals surface area (Å²) in [5.41, 5.74) is 9.91. The minimum absolute atomic E-state index is 0.229. The number of anilines is 1. The Hall–Kier alpha value is -3.40. The number of methoxy groups -OCH3 is 1. The maximum Gasteiger partial charge on any atom is 0.257 e. The fourth-order valence-electron chi connectivity index (χ4n) is 3.36. The fourth-order valence-corrected chi connectivity index (χ4v) is 3.48. The molecule has 0 aliphatic carbocycles. The standard InChI is InChI=1S/C20H23ClN8O2/c1-11-10-28(17-14(11)8-24-20(21)26-17)6-5-7-31-19-16(22)12(2)29(27-19)15-9-23-13(3)25-18(15)30-4/h8-10H,5-7,22H2,1-4H3. The highest BCUT2D eigenvalue weighted by Gasteiger charge is 2.18. The topological polar surface area (TPSA) is 119 Å². The van der Waals surface area contributed by atoms with E-state index >= 15 is 0 Å². The third-order valence-corrected chi connectivity index (χ3v) is 5.16. The Morgan fingerprint density at radius 2 is 1.90 bits per heavy atom. The zero-order chi connectivity index (χ0) is 22.1. The van der Waals surface area contributed by atoms with Gasteiger partial charge in [-0.25, -0.2) is 14.6 Å². The second-order valence-electron chi connectivity index (χ2n) is 7.11. The minimum atomic E-state index is 0.229. The molecule has 0 bridgehead atoms. The summed E-state index contributed by atoms with van der Waals surface area (Å²) >= 11 is 5.95. The van der Waals surface area contributed by atoms with Gasteiger partial charge in [0.05, 0.1) is 25.6 Å². The van der Waals surface area contributed by atoms with Crippen LogP contribution in [0.2, 0.25) is 5.28 Å². The molecule has 0 atom stereocenters. The number of ether oxygens (including phenoxy) is 2. The number of nitrogens with zero attached hydrogens (tertiary/aromatic N) is 7. The van der Waals surface area contributed by atoms with Gasteiger partial charge in [-0.2, -0.15) is 9.97 Å². The van der Waals surface area contributed by atoms with Gasteiger partial charge in [0, 0.05) is 24.3 Å². The third kappa shape index (κ3) is 3.98. The van der Waals surface area contributed by atoms with E-state index in [1.165, 1.54) is 0 Å². The molecule has 0 spiro atoms. The molecule has 0 amide bonds. The first kappa shape index (κ1) is 20.9. The van der Waals surface area contributed by atoms with E-state index in [9.17, 15) is 0 Å². The van der Waals surface area contributed by atoms with Crippen molar-refractivity contribution in [3.8, 4) is 17.4 Å². The molecule has 11 heteroatoms. The molecule has 0 unspecified atom stereocenters. The molecule has 0 radical (unpaired) electrons. The highest BCUT2D eigenvalue weighted by atomic mass is 35.5. The first-order valence-corrected chi connectivity index (χ1v) is 10.1. The van der Waals surface area contributed by atoms with Crippen molar-refractivity contribution in [2.24, 2.45) is 0 Å². The molecule has 31 heavy (non-hydrogen) atoms. The van der Waals surface area contributed by atoms with Gasteiger partial charge in [-0.15, -0.1) is 5.10 Å². The van der Waals surface area contributed by atoms with E-state index in [0.717, 1.165) is 28.7 Å². The van der Waals surface area contributed by atoms with Crippen molar-refractivity contribution in [2.45, 2.75) is 33.7 Å². The lowest BCUT2D eigenvalue weighted by Gasteiger charge is -2.08. The van der Waals surface area contributed by atoms with Crippen LogP contribution in [0.4, 0.5) is 5.69 Å². The van der Waals surface area contributed by atoms with Gasteiger partial charge in [0.25, 0.3) is 5.88 Å². The number of nitrogens with two attached hydrogens (primary N) is 1. The number of fused-ring (bicyclic) bond motifs is 1. The molecule has 0 fully saturated rings. The lowest BCUT2D eigenvalue weighted by Crippen LogP contribution is -2.07. The normalized spacial score (nSPS) is 11.3. The number of nitrogen functional groups attached to an aromatic ring is 1. The van der Waals surface area contributed by atoms with Gasteiger partial charge in [0.2, 0.25) is 11.2 Å². The number of hydrogen-bond acceptors (Lipinski definition) is 8. The van der Waals surface area contributed by atoms with E-state index < -0.39 is 0 Å². The van der Waals surface area contributed by atoms with Crippen LogP contribution in [0.5, 0.6) is 11.8 Å². The molecule has 4 aromatic heterocycles.